The average Bonchev–Trinajstić information content (AvgIpc) is 2.84. The van der Waals surface area contributed by atoms with Crippen molar-refractivity contribution >= 4 is 35.0 Å². The molecule has 0 bridgehead atoms. The zero-order valence-corrected chi connectivity index (χ0v) is 18.1. The normalized spacial score (nSPS) is 13.7. The topological polar surface area (TPSA) is 52.7 Å². The summed E-state index contributed by atoms with van der Waals surface area (Å²) in [5.41, 5.74) is 2.63. The Balaban J connectivity index is 1.26. The summed E-state index contributed by atoms with van der Waals surface area (Å²) >= 11 is 1.52. The van der Waals surface area contributed by atoms with Gasteiger partial charge in [-0.05, 0) is 48.5 Å². The van der Waals surface area contributed by atoms with E-state index in [9.17, 15) is 9.59 Å². The van der Waals surface area contributed by atoms with E-state index in [0.29, 0.717) is 18.8 Å². The zero-order chi connectivity index (χ0) is 21.5. The molecule has 1 saturated heterocycles. The number of thioether (sulfide) groups is 1. The summed E-state index contributed by atoms with van der Waals surface area (Å²) in [4.78, 5) is 30.1. The molecule has 0 atom stereocenters. The van der Waals surface area contributed by atoms with Crippen LogP contribution in [0, 0.1) is 0 Å². The van der Waals surface area contributed by atoms with Gasteiger partial charge < -0.3 is 15.1 Å². The standard InChI is InChI=1S/C25H25N3O2S/c29-24(19-31-23-9-5-2-6-10-23)26-21-11-13-22(14-12-21)27-15-17-28(18-16-27)25(30)20-7-3-1-4-8-20/h1-14H,15-19H2,(H,26,29). The number of carbonyl (C=O) groups excluding carboxylic acids is 2. The van der Waals surface area contributed by atoms with E-state index in [4.69, 9.17) is 0 Å². The molecule has 0 spiro atoms. The Bertz CT molecular complexity index is 1000. The maximum absolute atomic E-state index is 12.6. The Morgan fingerprint density at radius 3 is 2.03 bits per heavy atom. The minimum atomic E-state index is -0.0189. The first-order valence-electron chi connectivity index (χ1n) is 10.4. The summed E-state index contributed by atoms with van der Waals surface area (Å²) in [5.74, 6) is 0.449. The van der Waals surface area contributed by atoms with Crippen molar-refractivity contribution < 1.29 is 9.59 Å². The van der Waals surface area contributed by atoms with Crippen molar-refractivity contribution in [1.82, 2.24) is 4.90 Å². The number of benzene rings is 3. The fraction of sp³-hybridized carbons (Fsp3) is 0.200. The zero-order valence-electron chi connectivity index (χ0n) is 17.2. The second-order valence-electron chi connectivity index (χ2n) is 7.34. The van der Waals surface area contributed by atoms with Crippen LogP contribution in [0.4, 0.5) is 11.4 Å². The van der Waals surface area contributed by atoms with Crippen LogP contribution in [0.1, 0.15) is 10.4 Å². The highest BCUT2D eigenvalue weighted by Gasteiger charge is 2.22. The molecule has 3 aromatic carbocycles. The lowest BCUT2D eigenvalue weighted by atomic mass is 10.1. The smallest absolute Gasteiger partial charge is 0.253 e. The van der Waals surface area contributed by atoms with Crippen LogP contribution in [-0.2, 0) is 4.79 Å². The van der Waals surface area contributed by atoms with Gasteiger partial charge in [0.25, 0.3) is 5.91 Å². The van der Waals surface area contributed by atoms with Gasteiger partial charge in [-0.15, -0.1) is 11.8 Å². The Hall–Kier alpha value is -3.25. The van der Waals surface area contributed by atoms with Gasteiger partial charge in [-0.2, -0.15) is 0 Å². The lowest BCUT2D eigenvalue weighted by molar-refractivity contribution is -0.113. The third kappa shape index (κ3) is 5.67. The Labute approximate surface area is 187 Å². The fourth-order valence-corrected chi connectivity index (χ4v) is 4.27. The van der Waals surface area contributed by atoms with Gasteiger partial charge in [0, 0.05) is 48.0 Å². The summed E-state index contributed by atoms with van der Waals surface area (Å²) in [6.07, 6.45) is 0. The first-order valence-corrected chi connectivity index (χ1v) is 11.3. The van der Waals surface area contributed by atoms with Gasteiger partial charge in [-0.25, -0.2) is 0 Å². The monoisotopic (exact) mass is 431 g/mol. The minimum Gasteiger partial charge on any atom is -0.368 e. The number of hydrogen-bond donors (Lipinski definition) is 1. The van der Waals surface area contributed by atoms with Crippen molar-refractivity contribution in [3.63, 3.8) is 0 Å². The highest BCUT2D eigenvalue weighted by atomic mass is 32.2. The molecular formula is C25H25N3O2S. The van der Waals surface area contributed by atoms with Crippen molar-refractivity contribution in [1.29, 1.82) is 0 Å². The molecule has 2 amide bonds. The van der Waals surface area contributed by atoms with E-state index < -0.39 is 0 Å². The molecule has 0 aromatic heterocycles. The summed E-state index contributed by atoms with van der Waals surface area (Å²) in [6.45, 7) is 2.97. The minimum absolute atomic E-state index is 0.0189. The van der Waals surface area contributed by atoms with Crippen molar-refractivity contribution in [2.75, 3.05) is 42.1 Å². The molecule has 1 heterocycles. The number of carbonyl (C=O) groups is 2. The maximum Gasteiger partial charge on any atom is 0.253 e. The van der Waals surface area contributed by atoms with Gasteiger partial charge in [-0.1, -0.05) is 36.4 Å². The largest absolute Gasteiger partial charge is 0.368 e. The van der Waals surface area contributed by atoms with Gasteiger partial charge in [0.2, 0.25) is 5.91 Å². The Morgan fingerprint density at radius 1 is 0.774 bits per heavy atom. The molecule has 0 unspecified atom stereocenters. The van der Waals surface area contributed by atoms with Gasteiger partial charge in [0.1, 0.15) is 0 Å². The van der Waals surface area contributed by atoms with Crippen LogP contribution in [0.15, 0.2) is 89.8 Å². The van der Waals surface area contributed by atoms with Crippen LogP contribution in [-0.4, -0.2) is 48.6 Å². The molecule has 4 rings (SSSR count). The lowest BCUT2D eigenvalue weighted by Crippen LogP contribution is -2.48. The number of hydrogen-bond acceptors (Lipinski definition) is 4. The molecule has 6 heteroatoms. The molecule has 31 heavy (non-hydrogen) atoms. The number of piperazine rings is 1. The molecule has 1 aliphatic rings. The third-order valence-electron chi connectivity index (χ3n) is 5.22. The van der Waals surface area contributed by atoms with Crippen molar-refractivity contribution in [3.05, 3.63) is 90.5 Å². The third-order valence-corrected chi connectivity index (χ3v) is 6.23. The first kappa shape index (κ1) is 21.0. The van der Waals surface area contributed by atoms with E-state index in [2.05, 4.69) is 10.2 Å². The van der Waals surface area contributed by atoms with Crippen molar-refractivity contribution in [3.8, 4) is 0 Å². The number of nitrogens with one attached hydrogen (secondary N) is 1. The van der Waals surface area contributed by atoms with E-state index in [0.717, 1.165) is 34.9 Å². The fourth-order valence-electron chi connectivity index (χ4n) is 3.55. The molecule has 1 aliphatic heterocycles. The van der Waals surface area contributed by atoms with Crippen LogP contribution >= 0.6 is 11.8 Å². The van der Waals surface area contributed by atoms with Gasteiger partial charge in [0.05, 0.1) is 5.75 Å². The van der Waals surface area contributed by atoms with Gasteiger partial charge >= 0.3 is 0 Å². The quantitative estimate of drug-likeness (QED) is 0.589. The average molecular weight is 432 g/mol. The Morgan fingerprint density at radius 2 is 1.39 bits per heavy atom. The highest BCUT2D eigenvalue weighted by Crippen LogP contribution is 2.21. The molecular weight excluding hydrogens is 406 g/mol. The summed E-state index contributed by atoms with van der Waals surface area (Å²) in [7, 11) is 0. The van der Waals surface area contributed by atoms with E-state index in [1.807, 2.05) is 89.8 Å². The van der Waals surface area contributed by atoms with Crippen LogP contribution in [0.2, 0.25) is 0 Å². The summed E-state index contributed by atoms with van der Waals surface area (Å²) < 4.78 is 0. The van der Waals surface area contributed by atoms with Crippen LogP contribution in [0.5, 0.6) is 0 Å². The molecule has 1 N–H and O–H groups in total. The molecule has 1 fully saturated rings. The predicted octanol–water partition coefficient (Wildman–Crippen LogP) is 4.38. The van der Waals surface area contributed by atoms with E-state index >= 15 is 0 Å². The number of anilines is 2. The predicted molar refractivity (Wildman–Crippen MR) is 127 cm³/mol. The summed E-state index contributed by atoms with van der Waals surface area (Å²) in [5, 5.41) is 2.95. The number of amides is 2. The van der Waals surface area contributed by atoms with Crippen LogP contribution in [0.25, 0.3) is 0 Å². The number of rotatable bonds is 6. The van der Waals surface area contributed by atoms with Crippen molar-refractivity contribution in [2.24, 2.45) is 0 Å². The van der Waals surface area contributed by atoms with E-state index in [1.54, 1.807) is 0 Å². The summed E-state index contributed by atoms with van der Waals surface area (Å²) in [6, 6.07) is 27.2. The van der Waals surface area contributed by atoms with Crippen LogP contribution < -0.4 is 10.2 Å². The van der Waals surface area contributed by atoms with Gasteiger partial charge in [0.15, 0.2) is 0 Å². The molecule has 0 saturated carbocycles. The van der Waals surface area contributed by atoms with Crippen LogP contribution in [0.3, 0.4) is 0 Å². The van der Waals surface area contributed by atoms with E-state index in [1.165, 1.54) is 11.8 Å². The van der Waals surface area contributed by atoms with Crippen molar-refractivity contribution in [2.45, 2.75) is 4.90 Å². The SMILES string of the molecule is O=C(CSc1ccccc1)Nc1ccc(N2CCN(C(=O)c3ccccc3)CC2)cc1. The van der Waals surface area contributed by atoms with E-state index in [-0.39, 0.29) is 11.8 Å². The Kier molecular flexibility index (Phi) is 6.89. The molecule has 5 nitrogen and oxygen atoms in total. The molecule has 3 aromatic rings. The lowest BCUT2D eigenvalue weighted by Gasteiger charge is -2.36. The molecule has 0 aliphatic carbocycles. The first-order chi connectivity index (χ1) is 15.2. The second-order valence-corrected chi connectivity index (χ2v) is 8.39. The second kappa shape index (κ2) is 10.2. The molecule has 158 valence electrons. The highest BCUT2D eigenvalue weighted by molar-refractivity contribution is 8.00. The maximum atomic E-state index is 12.6. The van der Waals surface area contributed by atoms with Gasteiger partial charge in [-0.3, -0.25) is 9.59 Å². The number of nitrogens with zero attached hydrogens (tertiary/aromatic N) is 2. The molecule has 0 radical (unpaired) electrons.